The van der Waals surface area contributed by atoms with Crippen LogP contribution < -0.4 is 10.2 Å². The van der Waals surface area contributed by atoms with E-state index in [9.17, 15) is 14.4 Å². The molecular weight excluding hydrogens is 388 g/mol. The van der Waals surface area contributed by atoms with Crippen LogP contribution in [0.4, 0.5) is 15.3 Å². The summed E-state index contributed by atoms with van der Waals surface area (Å²) in [5.74, 6) is -0.373. The lowest BCUT2D eigenvalue weighted by Crippen LogP contribution is -2.34. The topological polar surface area (TPSA) is 75.7 Å². The van der Waals surface area contributed by atoms with Crippen LogP contribution in [0.25, 0.3) is 17.2 Å². The second kappa shape index (κ2) is 8.13. The highest BCUT2D eigenvalue weighted by atomic mass is 32.2. The maximum Gasteiger partial charge on any atom is 0.414 e. The van der Waals surface area contributed by atoms with E-state index in [0.29, 0.717) is 4.91 Å². The first-order valence-corrected chi connectivity index (χ1v) is 9.86. The first-order chi connectivity index (χ1) is 13.6. The average molecular weight is 410 g/mol. The zero-order valence-corrected chi connectivity index (χ0v) is 17.5. The standard InChI is InChI=1S/C22H22N2O4S/c1-22(2,3)28-21(27)24(4)17-7-5-6-16(13-17)15-10-8-14(9-11-15)12-18-19(25)23-20(26)29-18/h5-13H,1-4H3,(H,23,25,26). The van der Waals surface area contributed by atoms with Crippen LogP contribution in [-0.2, 0) is 9.53 Å². The molecule has 29 heavy (non-hydrogen) atoms. The Morgan fingerprint density at radius 3 is 2.34 bits per heavy atom. The summed E-state index contributed by atoms with van der Waals surface area (Å²) in [6.45, 7) is 5.49. The van der Waals surface area contributed by atoms with Gasteiger partial charge in [-0.1, -0.05) is 36.4 Å². The van der Waals surface area contributed by atoms with E-state index in [1.165, 1.54) is 4.90 Å². The number of hydrogen-bond donors (Lipinski definition) is 1. The number of amides is 3. The van der Waals surface area contributed by atoms with Gasteiger partial charge in [0.1, 0.15) is 5.60 Å². The predicted octanol–water partition coefficient (Wildman–Crippen LogP) is 5.05. The summed E-state index contributed by atoms with van der Waals surface area (Å²) in [6.07, 6.45) is 1.26. The Balaban J connectivity index is 1.79. The van der Waals surface area contributed by atoms with E-state index in [-0.39, 0.29) is 11.1 Å². The Kier molecular flexibility index (Phi) is 5.79. The first kappa shape index (κ1) is 20.7. The molecule has 150 valence electrons. The van der Waals surface area contributed by atoms with Gasteiger partial charge in [-0.2, -0.15) is 0 Å². The zero-order valence-electron chi connectivity index (χ0n) is 16.7. The van der Waals surface area contributed by atoms with Crippen LogP contribution in [-0.4, -0.2) is 29.9 Å². The number of nitrogens with one attached hydrogen (secondary N) is 1. The Labute approximate surface area is 173 Å². The van der Waals surface area contributed by atoms with Gasteiger partial charge in [0, 0.05) is 12.7 Å². The van der Waals surface area contributed by atoms with Crippen molar-refractivity contribution in [3.8, 4) is 11.1 Å². The first-order valence-electron chi connectivity index (χ1n) is 9.04. The van der Waals surface area contributed by atoms with Crippen molar-refractivity contribution in [3.05, 3.63) is 59.0 Å². The van der Waals surface area contributed by atoms with Gasteiger partial charge >= 0.3 is 6.09 Å². The Morgan fingerprint density at radius 1 is 1.07 bits per heavy atom. The summed E-state index contributed by atoms with van der Waals surface area (Å²) < 4.78 is 5.42. The molecule has 2 aromatic carbocycles. The van der Waals surface area contributed by atoms with Crippen molar-refractivity contribution in [2.75, 3.05) is 11.9 Å². The Hall–Kier alpha value is -3.06. The molecule has 7 heteroatoms. The van der Waals surface area contributed by atoms with Crippen molar-refractivity contribution < 1.29 is 19.1 Å². The molecule has 6 nitrogen and oxygen atoms in total. The minimum atomic E-state index is -0.563. The number of nitrogens with zero attached hydrogens (tertiary/aromatic N) is 1. The van der Waals surface area contributed by atoms with Crippen LogP contribution in [0.5, 0.6) is 0 Å². The smallest absolute Gasteiger partial charge is 0.414 e. The van der Waals surface area contributed by atoms with Gasteiger partial charge in [-0.25, -0.2) is 4.79 Å². The fraction of sp³-hybridized carbons (Fsp3) is 0.227. The quantitative estimate of drug-likeness (QED) is 0.717. The highest BCUT2D eigenvalue weighted by Gasteiger charge is 2.25. The van der Waals surface area contributed by atoms with E-state index in [1.807, 2.05) is 69.3 Å². The molecule has 0 aromatic heterocycles. The monoisotopic (exact) mass is 410 g/mol. The zero-order chi connectivity index (χ0) is 21.2. The molecular formula is C22H22N2O4S. The third-order valence-electron chi connectivity index (χ3n) is 4.08. The Morgan fingerprint density at radius 2 is 1.76 bits per heavy atom. The second-order valence-corrected chi connectivity index (χ2v) is 8.58. The molecule has 2 aromatic rings. The van der Waals surface area contributed by atoms with Gasteiger partial charge in [-0.3, -0.25) is 19.8 Å². The minimum Gasteiger partial charge on any atom is -0.443 e. The second-order valence-electron chi connectivity index (χ2n) is 7.56. The van der Waals surface area contributed by atoms with E-state index in [0.717, 1.165) is 34.1 Å². The summed E-state index contributed by atoms with van der Waals surface area (Å²) in [7, 11) is 1.67. The average Bonchev–Trinajstić information content (AvgIpc) is 2.97. The van der Waals surface area contributed by atoms with E-state index >= 15 is 0 Å². The molecule has 1 fully saturated rings. The van der Waals surface area contributed by atoms with E-state index < -0.39 is 11.7 Å². The summed E-state index contributed by atoms with van der Waals surface area (Å²) >= 11 is 0.893. The van der Waals surface area contributed by atoms with E-state index in [2.05, 4.69) is 5.32 Å². The molecule has 0 spiro atoms. The molecule has 0 unspecified atom stereocenters. The molecule has 3 rings (SSSR count). The largest absolute Gasteiger partial charge is 0.443 e. The summed E-state index contributed by atoms with van der Waals surface area (Å²) in [5.41, 5.74) is 2.89. The number of imide groups is 1. The molecule has 1 aliphatic heterocycles. The molecule has 0 radical (unpaired) electrons. The normalized spacial score (nSPS) is 15.4. The molecule has 1 saturated heterocycles. The van der Waals surface area contributed by atoms with Gasteiger partial charge in [-0.05, 0) is 67.4 Å². The van der Waals surface area contributed by atoms with Crippen molar-refractivity contribution >= 4 is 40.8 Å². The van der Waals surface area contributed by atoms with E-state index in [1.54, 1.807) is 13.1 Å². The van der Waals surface area contributed by atoms with Gasteiger partial charge in [0.25, 0.3) is 11.1 Å². The van der Waals surface area contributed by atoms with Crippen molar-refractivity contribution in [2.24, 2.45) is 0 Å². The molecule has 0 atom stereocenters. The summed E-state index contributed by atoms with van der Waals surface area (Å²) in [5, 5.41) is 1.88. The fourth-order valence-corrected chi connectivity index (χ4v) is 3.36. The molecule has 1 aliphatic rings. The van der Waals surface area contributed by atoms with Crippen molar-refractivity contribution in [1.82, 2.24) is 5.32 Å². The molecule has 3 amide bonds. The SMILES string of the molecule is CN(C(=O)OC(C)(C)C)c1cccc(-c2ccc(C=C3SC(=O)NC3=O)cc2)c1. The van der Waals surface area contributed by atoms with Crippen LogP contribution >= 0.6 is 11.8 Å². The number of anilines is 1. The van der Waals surface area contributed by atoms with Gasteiger partial charge in [0.05, 0.1) is 4.91 Å². The van der Waals surface area contributed by atoms with Gasteiger partial charge in [-0.15, -0.1) is 0 Å². The number of carbonyl (C=O) groups excluding carboxylic acids is 3. The lowest BCUT2D eigenvalue weighted by Gasteiger charge is -2.25. The van der Waals surface area contributed by atoms with Crippen LogP contribution in [0.1, 0.15) is 26.3 Å². The third kappa shape index (κ3) is 5.26. The van der Waals surface area contributed by atoms with Gasteiger partial charge in [0.2, 0.25) is 0 Å². The highest BCUT2D eigenvalue weighted by molar-refractivity contribution is 8.18. The summed E-state index contributed by atoms with van der Waals surface area (Å²) in [6, 6.07) is 15.2. The van der Waals surface area contributed by atoms with Crippen LogP contribution in [0, 0.1) is 0 Å². The maximum atomic E-state index is 12.3. The predicted molar refractivity (Wildman–Crippen MR) is 116 cm³/mol. The van der Waals surface area contributed by atoms with Crippen molar-refractivity contribution in [2.45, 2.75) is 26.4 Å². The molecule has 0 aliphatic carbocycles. The number of benzene rings is 2. The summed E-state index contributed by atoms with van der Waals surface area (Å²) in [4.78, 5) is 37.1. The Bertz CT molecular complexity index is 991. The van der Waals surface area contributed by atoms with Crippen molar-refractivity contribution in [3.63, 3.8) is 0 Å². The molecule has 0 saturated carbocycles. The lowest BCUT2D eigenvalue weighted by molar-refractivity contribution is -0.115. The maximum absolute atomic E-state index is 12.3. The van der Waals surface area contributed by atoms with Gasteiger partial charge in [0.15, 0.2) is 0 Å². The molecule has 1 heterocycles. The third-order valence-corrected chi connectivity index (χ3v) is 4.90. The number of hydrogen-bond acceptors (Lipinski definition) is 5. The fourth-order valence-electron chi connectivity index (χ4n) is 2.67. The molecule has 0 bridgehead atoms. The van der Waals surface area contributed by atoms with Crippen LogP contribution in [0.2, 0.25) is 0 Å². The number of thioether (sulfide) groups is 1. The minimum absolute atomic E-state index is 0.358. The number of rotatable bonds is 3. The number of carbonyl (C=O) groups is 3. The van der Waals surface area contributed by atoms with Crippen LogP contribution in [0.3, 0.4) is 0 Å². The lowest BCUT2D eigenvalue weighted by atomic mass is 10.0. The molecule has 1 N–H and O–H groups in total. The van der Waals surface area contributed by atoms with Crippen molar-refractivity contribution in [1.29, 1.82) is 0 Å². The highest BCUT2D eigenvalue weighted by Crippen LogP contribution is 2.28. The van der Waals surface area contributed by atoms with Crippen LogP contribution in [0.15, 0.2) is 53.4 Å². The number of ether oxygens (including phenoxy) is 1. The van der Waals surface area contributed by atoms with E-state index in [4.69, 9.17) is 4.74 Å². The van der Waals surface area contributed by atoms with Gasteiger partial charge < -0.3 is 4.74 Å².